The standard InChI is InChI=1S/C22H15Cl2FN2O/c23-14-7-5-13(6-8-14)19-12-20-16-3-1-2-4-21(16)28-22(27(20)26-19)17-11-15(25)9-10-18(17)24/h1-11,20,22H,12H2/t20-,22+/m1/s1. The lowest BCUT2D eigenvalue weighted by Gasteiger charge is -2.38. The molecule has 0 N–H and O–H groups in total. The number of halogens is 3. The molecule has 0 aromatic heterocycles. The van der Waals surface area contributed by atoms with E-state index < -0.39 is 6.23 Å². The van der Waals surface area contributed by atoms with E-state index >= 15 is 0 Å². The normalized spacial score (nSPS) is 20.2. The molecule has 0 saturated carbocycles. The fourth-order valence-electron chi connectivity index (χ4n) is 3.76. The van der Waals surface area contributed by atoms with E-state index in [4.69, 9.17) is 33.0 Å². The summed E-state index contributed by atoms with van der Waals surface area (Å²) in [7, 11) is 0. The first-order chi connectivity index (χ1) is 13.6. The number of benzene rings is 3. The molecule has 0 unspecified atom stereocenters. The van der Waals surface area contributed by atoms with Gasteiger partial charge in [0.25, 0.3) is 0 Å². The van der Waals surface area contributed by atoms with Gasteiger partial charge in [-0.3, -0.25) is 0 Å². The van der Waals surface area contributed by atoms with Gasteiger partial charge in [-0.25, -0.2) is 9.40 Å². The van der Waals surface area contributed by atoms with Crippen LogP contribution < -0.4 is 4.74 Å². The summed E-state index contributed by atoms with van der Waals surface area (Å²) >= 11 is 12.4. The SMILES string of the molecule is Fc1ccc(Cl)c([C@@H]2Oc3ccccc3[C@H]3CC(c4ccc(Cl)cc4)=NN32)c1. The van der Waals surface area contributed by atoms with Crippen molar-refractivity contribution in [2.75, 3.05) is 0 Å². The predicted octanol–water partition coefficient (Wildman–Crippen LogP) is 6.37. The molecule has 0 bridgehead atoms. The van der Waals surface area contributed by atoms with E-state index in [2.05, 4.69) is 0 Å². The van der Waals surface area contributed by atoms with Crippen LogP contribution in [0, 0.1) is 5.82 Å². The van der Waals surface area contributed by atoms with E-state index in [0.29, 0.717) is 22.0 Å². The average Bonchev–Trinajstić information content (AvgIpc) is 3.15. The van der Waals surface area contributed by atoms with Gasteiger partial charge in [0.1, 0.15) is 11.6 Å². The average molecular weight is 413 g/mol. The number of para-hydroxylation sites is 1. The van der Waals surface area contributed by atoms with Gasteiger partial charge in [-0.2, -0.15) is 5.10 Å². The Morgan fingerprint density at radius 2 is 1.75 bits per heavy atom. The van der Waals surface area contributed by atoms with Crippen LogP contribution in [-0.2, 0) is 0 Å². The fourth-order valence-corrected chi connectivity index (χ4v) is 4.10. The summed E-state index contributed by atoms with van der Waals surface area (Å²) in [4.78, 5) is 0. The van der Waals surface area contributed by atoms with Gasteiger partial charge in [0.15, 0.2) is 0 Å². The molecule has 6 heteroatoms. The van der Waals surface area contributed by atoms with Gasteiger partial charge < -0.3 is 4.74 Å². The van der Waals surface area contributed by atoms with Crippen molar-refractivity contribution in [1.82, 2.24) is 5.01 Å². The van der Waals surface area contributed by atoms with Crippen molar-refractivity contribution in [2.24, 2.45) is 5.10 Å². The molecule has 28 heavy (non-hydrogen) atoms. The summed E-state index contributed by atoms with van der Waals surface area (Å²) in [5, 5.41) is 7.84. The number of ether oxygens (including phenoxy) is 1. The third kappa shape index (κ3) is 2.93. The van der Waals surface area contributed by atoms with Gasteiger partial charge in [-0.15, -0.1) is 0 Å². The van der Waals surface area contributed by atoms with Crippen LogP contribution in [0.15, 0.2) is 71.8 Å². The van der Waals surface area contributed by atoms with Gasteiger partial charge in [-0.1, -0.05) is 53.5 Å². The van der Waals surface area contributed by atoms with Crippen molar-refractivity contribution in [3.8, 4) is 5.75 Å². The summed E-state index contributed by atoms with van der Waals surface area (Å²) in [6, 6.07) is 19.8. The second-order valence-electron chi connectivity index (χ2n) is 6.83. The number of hydrogen-bond donors (Lipinski definition) is 0. The molecule has 2 atom stereocenters. The molecule has 2 aliphatic heterocycles. The van der Waals surface area contributed by atoms with Crippen molar-refractivity contribution in [3.63, 3.8) is 0 Å². The smallest absolute Gasteiger partial charge is 0.215 e. The lowest BCUT2D eigenvalue weighted by atomic mass is 9.96. The van der Waals surface area contributed by atoms with Gasteiger partial charge in [-0.05, 0) is 42.0 Å². The Labute approximate surface area is 172 Å². The first kappa shape index (κ1) is 17.5. The molecule has 0 radical (unpaired) electrons. The molecule has 0 fully saturated rings. The molecule has 2 aliphatic rings. The largest absolute Gasteiger partial charge is 0.464 e. The lowest BCUT2D eigenvalue weighted by molar-refractivity contribution is -0.0191. The summed E-state index contributed by atoms with van der Waals surface area (Å²) in [5.74, 6) is 0.404. The molecule has 0 amide bonds. The zero-order valence-corrected chi connectivity index (χ0v) is 16.2. The highest BCUT2D eigenvalue weighted by Crippen LogP contribution is 2.48. The minimum Gasteiger partial charge on any atom is -0.464 e. The van der Waals surface area contributed by atoms with Crippen molar-refractivity contribution in [1.29, 1.82) is 0 Å². The first-order valence-electron chi connectivity index (χ1n) is 8.92. The topological polar surface area (TPSA) is 24.8 Å². The molecule has 3 nitrogen and oxygen atoms in total. The number of rotatable bonds is 2. The van der Waals surface area contributed by atoms with Crippen LogP contribution in [0.2, 0.25) is 10.0 Å². The van der Waals surface area contributed by atoms with Crippen LogP contribution in [0.25, 0.3) is 0 Å². The van der Waals surface area contributed by atoms with E-state index in [-0.39, 0.29) is 11.9 Å². The van der Waals surface area contributed by atoms with Gasteiger partial charge >= 0.3 is 0 Å². The molecule has 3 aromatic rings. The Kier molecular flexibility index (Phi) is 4.26. The van der Waals surface area contributed by atoms with Crippen molar-refractivity contribution in [2.45, 2.75) is 18.7 Å². The van der Waals surface area contributed by atoms with Crippen LogP contribution in [0.3, 0.4) is 0 Å². The Morgan fingerprint density at radius 1 is 0.964 bits per heavy atom. The molecule has 3 aromatic carbocycles. The molecule has 0 saturated heterocycles. The summed E-state index contributed by atoms with van der Waals surface area (Å²) in [6.45, 7) is 0. The monoisotopic (exact) mass is 412 g/mol. The quantitative estimate of drug-likeness (QED) is 0.487. The van der Waals surface area contributed by atoms with E-state index in [1.54, 1.807) is 6.07 Å². The molecule has 0 aliphatic carbocycles. The van der Waals surface area contributed by atoms with Crippen LogP contribution in [-0.4, -0.2) is 10.7 Å². The highest BCUT2D eigenvalue weighted by atomic mass is 35.5. The van der Waals surface area contributed by atoms with Crippen molar-refractivity contribution >= 4 is 28.9 Å². The lowest BCUT2D eigenvalue weighted by Crippen LogP contribution is -2.33. The molecule has 0 spiro atoms. The number of fused-ring (bicyclic) bond motifs is 3. The van der Waals surface area contributed by atoms with Crippen LogP contribution in [0.5, 0.6) is 5.75 Å². The Bertz CT molecular complexity index is 1080. The van der Waals surface area contributed by atoms with Crippen LogP contribution in [0.1, 0.15) is 35.4 Å². The Balaban J connectivity index is 1.62. The van der Waals surface area contributed by atoms with E-state index in [9.17, 15) is 4.39 Å². The predicted molar refractivity (Wildman–Crippen MR) is 108 cm³/mol. The molecule has 140 valence electrons. The molecular weight excluding hydrogens is 398 g/mol. The van der Waals surface area contributed by atoms with Gasteiger partial charge in [0, 0.05) is 27.6 Å². The maximum atomic E-state index is 13.9. The van der Waals surface area contributed by atoms with Gasteiger partial charge in [0.2, 0.25) is 6.23 Å². The van der Waals surface area contributed by atoms with E-state index in [0.717, 1.165) is 22.6 Å². The minimum absolute atomic E-state index is 0.0139. The van der Waals surface area contributed by atoms with E-state index in [1.165, 1.54) is 12.1 Å². The Hall–Kier alpha value is -2.56. The number of hydrazone groups is 1. The molecule has 5 rings (SSSR count). The summed E-state index contributed by atoms with van der Waals surface area (Å²) < 4.78 is 20.2. The number of hydrogen-bond acceptors (Lipinski definition) is 3. The maximum absolute atomic E-state index is 13.9. The highest BCUT2D eigenvalue weighted by molar-refractivity contribution is 6.31. The zero-order chi connectivity index (χ0) is 19.3. The fraction of sp³-hybridized carbons (Fsp3) is 0.136. The highest BCUT2D eigenvalue weighted by Gasteiger charge is 2.41. The summed E-state index contributed by atoms with van der Waals surface area (Å²) in [6.07, 6.45) is 0.110. The van der Waals surface area contributed by atoms with Gasteiger partial charge in [0.05, 0.1) is 11.8 Å². The summed E-state index contributed by atoms with van der Waals surface area (Å²) in [5.41, 5.74) is 3.54. The van der Waals surface area contributed by atoms with Crippen molar-refractivity contribution < 1.29 is 9.13 Å². The third-order valence-electron chi connectivity index (χ3n) is 5.10. The first-order valence-corrected chi connectivity index (χ1v) is 9.68. The van der Waals surface area contributed by atoms with E-state index in [1.807, 2.05) is 53.5 Å². The zero-order valence-electron chi connectivity index (χ0n) is 14.6. The third-order valence-corrected chi connectivity index (χ3v) is 5.70. The molecule has 2 heterocycles. The second-order valence-corrected chi connectivity index (χ2v) is 7.67. The van der Waals surface area contributed by atoms with Crippen LogP contribution in [0.4, 0.5) is 4.39 Å². The molecular formula is C22H15Cl2FN2O. The van der Waals surface area contributed by atoms with Crippen LogP contribution >= 0.6 is 23.2 Å². The minimum atomic E-state index is -0.604. The number of nitrogens with zero attached hydrogens (tertiary/aromatic N) is 2. The van der Waals surface area contributed by atoms with Crippen molar-refractivity contribution in [3.05, 3.63) is 99.3 Å². The maximum Gasteiger partial charge on any atom is 0.215 e. The Morgan fingerprint density at radius 3 is 2.57 bits per heavy atom. The second kappa shape index (κ2) is 6.80.